The third kappa shape index (κ3) is 8.24. The second kappa shape index (κ2) is 14.4. The molecule has 3 rings (SSSR count). The molecule has 2 heterocycles. The number of carbonyl (C=O) groups excluding carboxylic acids is 1. The van der Waals surface area contributed by atoms with Crippen LogP contribution < -0.4 is 10.6 Å². The molecular formula is C26H39ClF2N2O5S. The number of benzene rings is 1. The number of unbranched alkanes of at least 4 members (excludes halogenated alkanes) is 1. The van der Waals surface area contributed by atoms with Crippen LogP contribution in [0.5, 0.6) is 0 Å². The molecule has 2 aliphatic rings. The van der Waals surface area contributed by atoms with Crippen molar-refractivity contribution in [3.63, 3.8) is 0 Å². The highest BCUT2D eigenvalue weighted by atomic mass is 35.5. The molecule has 0 radical (unpaired) electrons. The van der Waals surface area contributed by atoms with Crippen molar-refractivity contribution in [2.45, 2.75) is 99.2 Å². The Labute approximate surface area is 226 Å². The smallest absolute Gasteiger partial charge is 0.237 e. The van der Waals surface area contributed by atoms with Crippen molar-refractivity contribution < 1.29 is 33.6 Å². The molecule has 5 N–H and O–H groups in total. The number of nitrogens with one attached hydrogen (secondary N) is 2. The van der Waals surface area contributed by atoms with E-state index in [1.54, 1.807) is 13.2 Å². The van der Waals surface area contributed by atoms with Gasteiger partial charge in [0.15, 0.2) is 0 Å². The lowest BCUT2D eigenvalue weighted by molar-refractivity contribution is -0.205. The third-order valence-corrected chi connectivity index (χ3v) is 8.57. The van der Waals surface area contributed by atoms with E-state index in [1.165, 1.54) is 23.9 Å². The highest BCUT2D eigenvalue weighted by molar-refractivity contribution is 7.99. The summed E-state index contributed by atoms with van der Waals surface area (Å²) in [7, 11) is 0. The lowest BCUT2D eigenvalue weighted by Gasteiger charge is -2.44. The van der Waals surface area contributed by atoms with Crippen LogP contribution in [0.15, 0.2) is 18.2 Å². The van der Waals surface area contributed by atoms with Crippen LogP contribution in [0.25, 0.3) is 0 Å². The number of alkyl halides is 1. The van der Waals surface area contributed by atoms with E-state index in [0.29, 0.717) is 30.9 Å². The molecule has 0 aliphatic carbocycles. The number of aliphatic hydroxyl groups excluding tert-OH is 3. The van der Waals surface area contributed by atoms with Gasteiger partial charge >= 0.3 is 0 Å². The molecule has 210 valence electrons. The fourth-order valence-electron chi connectivity index (χ4n) is 5.18. The van der Waals surface area contributed by atoms with Gasteiger partial charge in [-0.05, 0) is 69.4 Å². The van der Waals surface area contributed by atoms with Crippen LogP contribution in [0, 0.1) is 17.6 Å². The van der Waals surface area contributed by atoms with Crippen LogP contribution in [-0.2, 0) is 16.0 Å². The number of amides is 1. The zero-order chi connectivity index (χ0) is 27.1. The summed E-state index contributed by atoms with van der Waals surface area (Å²) in [6.07, 6.45) is 2.37. The van der Waals surface area contributed by atoms with Gasteiger partial charge in [-0.2, -0.15) is 0 Å². The molecule has 0 aromatic heterocycles. The predicted molar refractivity (Wildman–Crippen MR) is 140 cm³/mol. The minimum Gasteiger partial charge on any atom is -0.388 e. The van der Waals surface area contributed by atoms with Crippen molar-refractivity contribution in [1.82, 2.24) is 10.6 Å². The van der Waals surface area contributed by atoms with Crippen molar-refractivity contribution in [1.29, 1.82) is 0 Å². The zero-order valence-electron chi connectivity index (χ0n) is 21.3. The Bertz CT molecular complexity index is 883. The maximum atomic E-state index is 13.8. The summed E-state index contributed by atoms with van der Waals surface area (Å²) in [4.78, 5) is 13.1. The van der Waals surface area contributed by atoms with Gasteiger partial charge in [0.25, 0.3) is 0 Å². The maximum absolute atomic E-state index is 13.8. The fraction of sp³-hybridized carbons (Fsp3) is 0.731. The summed E-state index contributed by atoms with van der Waals surface area (Å²) < 4.78 is 32.7. The van der Waals surface area contributed by atoms with Crippen LogP contribution in [0.1, 0.15) is 51.0 Å². The Morgan fingerprint density at radius 2 is 1.95 bits per heavy atom. The van der Waals surface area contributed by atoms with Crippen LogP contribution in [0.4, 0.5) is 8.78 Å². The SMILES string of the molecule is CSC1O[C@H]([C@H](NC(=O)[C@@H]2CC[C@H](CCCCc3ccc(F)cc3F)CCN2)[C@H](C)Cl)C(O)C(O)[C@H]1O. The van der Waals surface area contributed by atoms with Crippen molar-refractivity contribution >= 4 is 29.3 Å². The Morgan fingerprint density at radius 1 is 1.19 bits per heavy atom. The van der Waals surface area contributed by atoms with E-state index in [9.17, 15) is 28.9 Å². The molecule has 9 atom stereocenters. The first-order chi connectivity index (χ1) is 17.6. The molecule has 2 saturated heterocycles. The summed E-state index contributed by atoms with van der Waals surface area (Å²) in [5, 5.41) is 36.6. The molecule has 0 bridgehead atoms. The number of hydrogen-bond donors (Lipinski definition) is 5. The topological polar surface area (TPSA) is 111 Å². The zero-order valence-corrected chi connectivity index (χ0v) is 22.9. The van der Waals surface area contributed by atoms with Crippen molar-refractivity contribution in [2.24, 2.45) is 5.92 Å². The molecule has 2 fully saturated rings. The minimum atomic E-state index is -1.41. The molecule has 3 unspecified atom stereocenters. The Morgan fingerprint density at radius 3 is 2.62 bits per heavy atom. The summed E-state index contributed by atoms with van der Waals surface area (Å²) in [6.45, 7) is 2.36. The third-order valence-electron chi connectivity index (χ3n) is 7.44. The van der Waals surface area contributed by atoms with Crippen LogP contribution in [0.3, 0.4) is 0 Å². The average Bonchev–Trinajstić information content (AvgIpc) is 3.11. The molecule has 2 aliphatic heterocycles. The van der Waals surface area contributed by atoms with Gasteiger partial charge in [0.05, 0.1) is 17.5 Å². The van der Waals surface area contributed by atoms with Gasteiger partial charge in [0, 0.05) is 6.07 Å². The number of halogens is 3. The predicted octanol–water partition coefficient (Wildman–Crippen LogP) is 2.72. The fourth-order valence-corrected chi connectivity index (χ4v) is 6.07. The van der Waals surface area contributed by atoms with E-state index in [4.69, 9.17) is 16.3 Å². The van der Waals surface area contributed by atoms with Crippen molar-refractivity contribution in [2.75, 3.05) is 12.8 Å². The number of carbonyl (C=O) groups is 1. The standard InChI is InChI=1S/C26H39ClF2N2O5S/c1-14(27)20(24-22(33)21(32)23(34)26(36-24)37-2)31-25(35)19-10-7-15(11-12-30-19)5-3-4-6-16-8-9-17(28)13-18(16)29/h8-9,13-15,19-24,26,30,32-34H,3-7,10-12H2,1-2H3,(H,31,35)/t14-,15-,19-,20+,21?,22?,23+,24+,26?/m0/s1. The van der Waals surface area contributed by atoms with Gasteiger partial charge in [-0.25, -0.2) is 8.78 Å². The molecule has 37 heavy (non-hydrogen) atoms. The van der Waals surface area contributed by atoms with E-state index in [-0.39, 0.29) is 5.91 Å². The number of hydrogen-bond acceptors (Lipinski definition) is 7. The largest absolute Gasteiger partial charge is 0.388 e. The number of aliphatic hydroxyl groups is 3. The van der Waals surface area contributed by atoms with Gasteiger partial charge in [-0.3, -0.25) is 4.79 Å². The van der Waals surface area contributed by atoms with Crippen LogP contribution in [-0.4, -0.2) is 81.3 Å². The van der Waals surface area contributed by atoms with E-state index in [2.05, 4.69) is 10.6 Å². The monoisotopic (exact) mass is 564 g/mol. The molecule has 1 aromatic carbocycles. The van der Waals surface area contributed by atoms with E-state index >= 15 is 0 Å². The van der Waals surface area contributed by atoms with Crippen LogP contribution in [0.2, 0.25) is 0 Å². The minimum absolute atomic E-state index is 0.248. The summed E-state index contributed by atoms with van der Waals surface area (Å²) in [5.41, 5.74) is -0.226. The first-order valence-electron chi connectivity index (χ1n) is 13.0. The van der Waals surface area contributed by atoms with Crippen molar-refractivity contribution in [3.8, 4) is 0 Å². The lowest BCUT2D eigenvalue weighted by Crippen LogP contribution is -2.65. The number of thioether (sulfide) groups is 1. The average molecular weight is 565 g/mol. The van der Waals surface area contributed by atoms with Crippen molar-refractivity contribution in [3.05, 3.63) is 35.4 Å². The van der Waals surface area contributed by atoms with Gasteiger partial charge in [-0.15, -0.1) is 23.4 Å². The Balaban J connectivity index is 1.48. The van der Waals surface area contributed by atoms with Gasteiger partial charge in [0.2, 0.25) is 5.91 Å². The molecule has 1 aromatic rings. The highest BCUT2D eigenvalue weighted by Gasteiger charge is 2.48. The molecule has 1 amide bonds. The first kappa shape index (κ1) is 30.5. The van der Waals surface area contributed by atoms with E-state index in [0.717, 1.165) is 38.2 Å². The quantitative estimate of drug-likeness (QED) is 0.219. The second-order valence-electron chi connectivity index (χ2n) is 10.1. The van der Waals surface area contributed by atoms with Gasteiger partial charge in [0.1, 0.15) is 41.5 Å². The number of aryl methyl sites for hydroxylation is 1. The summed E-state index contributed by atoms with van der Waals surface area (Å²) in [6, 6.07) is 2.50. The Kier molecular flexibility index (Phi) is 11.9. The normalized spacial score (nSPS) is 32.4. The molecule has 11 heteroatoms. The highest BCUT2D eigenvalue weighted by Crippen LogP contribution is 2.30. The van der Waals surface area contributed by atoms with E-state index < -0.39 is 58.9 Å². The van der Waals surface area contributed by atoms with E-state index in [1.807, 2.05) is 0 Å². The summed E-state index contributed by atoms with van der Waals surface area (Å²) in [5.74, 6) is -0.880. The Hall–Kier alpha value is -1.01. The van der Waals surface area contributed by atoms with Crippen LogP contribution >= 0.6 is 23.4 Å². The lowest BCUT2D eigenvalue weighted by atomic mass is 9.91. The molecule has 0 spiro atoms. The van der Waals surface area contributed by atoms with Gasteiger partial charge in [-0.1, -0.05) is 18.9 Å². The molecule has 0 saturated carbocycles. The maximum Gasteiger partial charge on any atom is 0.237 e. The number of ether oxygens (including phenoxy) is 1. The summed E-state index contributed by atoms with van der Waals surface area (Å²) >= 11 is 7.57. The first-order valence-corrected chi connectivity index (χ1v) is 14.7. The number of rotatable bonds is 10. The molecular weight excluding hydrogens is 526 g/mol. The van der Waals surface area contributed by atoms with Gasteiger partial charge < -0.3 is 30.7 Å². The second-order valence-corrected chi connectivity index (χ2v) is 11.7. The molecule has 7 nitrogen and oxygen atoms in total.